The van der Waals surface area contributed by atoms with E-state index in [9.17, 15) is 23.9 Å². The van der Waals surface area contributed by atoms with E-state index in [-0.39, 0.29) is 23.2 Å². The van der Waals surface area contributed by atoms with Gasteiger partial charge in [0.2, 0.25) is 5.82 Å². The van der Waals surface area contributed by atoms with Crippen LogP contribution in [0.2, 0.25) is 5.02 Å². The van der Waals surface area contributed by atoms with Crippen molar-refractivity contribution in [2.24, 2.45) is 0 Å². The summed E-state index contributed by atoms with van der Waals surface area (Å²) in [6.45, 7) is -0.203. The van der Waals surface area contributed by atoms with Gasteiger partial charge in [-0.05, 0) is 29.8 Å². The predicted octanol–water partition coefficient (Wildman–Crippen LogP) is 2.36. The maximum Gasteiger partial charge on any atom is 0.340 e. The monoisotopic (exact) mass is 474 g/mol. The van der Waals surface area contributed by atoms with E-state index < -0.39 is 48.0 Å². The summed E-state index contributed by atoms with van der Waals surface area (Å²) in [7, 11) is 0. The van der Waals surface area contributed by atoms with Crippen molar-refractivity contribution in [1.82, 2.24) is 9.13 Å². The molecule has 1 N–H and O–H groups in total. The first-order valence-electron chi connectivity index (χ1n) is 10.1. The van der Waals surface area contributed by atoms with Crippen LogP contribution in [-0.2, 0) is 16.1 Å². The Balaban J connectivity index is 1.60. The number of hydrogen-bond acceptors (Lipinski definition) is 6. The molecule has 172 valence electrons. The van der Waals surface area contributed by atoms with Gasteiger partial charge in [0.25, 0.3) is 11.5 Å². The zero-order chi connectivity index (χ0) is 23.5. The molecule has 3 atom stereocenters. The molecular weight excluding hydrogens is 455 g/mol. The smallest absolute Gasteiger partial charge is 0.340 e. The van der Waals surface area contributed by atoms with Crippen molar-refractivity contribution in [3.8, 4) is 0 Å². The third kappa shape index (κ3) is 4.81. The number of aromatic nitrogens is 2. The summed E-state index contributed by atoms with van der Waals surface area (Å²) in [6, 6.07) is 14.6. The molecule has 1 aliphatic heterocycles. The molecule has 0 bridgehead atoms. The Kier molecular flexibility index (Phi) is 6.85. The highest BCUT2D eigenvalue weighted by molar-refractivity contribution is 6.30. The number of halogens is 2. The summed E-state index contributed by atoms with van der Waals surface area (Å²) in [5.41, 5.74) is -1.50. The lowest BCUT2D eigenvalue weighted by atomic mass is 10.1. The molecule has 2 aromatic carbocycles. The second kappa shape index (κ2) is 9.80. The van der Waals surface area contributed by atoms with Crippen molar-refractivity contribution >= 4 is 17.5 Å². The van der Waals surface area contributed by atoms with Crippen LogP contribution >= 0.6 is 11.6 Å². The van der Waals surface area contributed by atoms with Crippen molar-refractivity contribution in [2.45, 2.75) is 31.5 Å². The molecule has 1 saturated heterocycles. The van der Waals surface area contributed by atoms with E-state index in [1.165, 1.54) is 12.1 Å². The van der Waals surface area contributed by atoms with Gasteiger partial charge in [0.1, 0.15) is 12.3 Å². The fourth-order valence-corrected chi connectivity index (χ4v) is 3.76. The molecule has 33 heavy (non-hydrogen) atoms. The number of rotatable bonds is 6. The molecule has 0 saturated carbocycles. The molecule has 1 unspecified atom stereocenters. The van der Waals surface area contributed by atoms with E-state index in [4.69, 9.17) is 21.1 Å². The highest BCUT2D eigenvalue weighted by Gasteiger charge is 2.38. The van der Waals surface area contributed by atoms with Gasteiger partial charge >= 0.3 is 5.69 Å². The van der Waals surface area contributed by atoms with Crippen LogP contribution in [0.25, 0.3) is 0 Å². The Morgan fingerprint density at radius 1 is 1.15 bits per heavy atom. The van der Waals surface area contributed by atoms with Crippen molar-refractivity contribution in [3.63, 3.8) is 0 Å². The molecule has 2 heterocycles. The van der Waals surface area contributed by atoms with Gasteiger partial charge in [0, 0.05) is 17.0 Å². The van der Waals surface area contributed by atoms with Crippen LogP contribution in [0, 0.1) is 5.82 Å². The van der Waals surface area contributed by atoms with Crippen LogP contribution in [0.4, 0.5) is 4.39 Å². The Labute approximate surface area is 192 Å². The zero-order valence-electron chi connectivity index (χ0n) is 17.3. The molecule has 0 amide bonds. The molecule has 10 heteroatoms. The molecule has 1 aromatic heterocycles. The molecule has 1 aliphatic rings. The average Bonchev–Trinajstić information content (AvgIpc) is 3.24. The number of carbonyl (C=O) groups excluding carboxylic acids is 1. The molecule has 0 aliphatic carbocycles. The lowest BCUT2D eigenvalue weighted by Gasteiger charge is -2.17. The van der Waals surface area contributed by atoms with Gasteiger partial charge in [0.05, 0.1) is 25.5 Å². The van der Waals surface area contributed by atoms with Crippen LogP contribution in [0.5, 0.6) is 0 Å². The first kappa shape index (κ1) is 23.1. The van der Waals surface area contributed by atoms with Gasteiger partial charge in [-0.25, -0.2) is 4.79 Å². The van der Waals surface area contributed by atoms with E-state index in [0.717, 1.165) is 10.1 Å². The Morgan fingerprint density at radius 3 is 2.52 bits per heavy atom. The number of hydrogen-bond donors (Lipinski definition) is 1. The number of aliphatic hydroxyl groups is 1. The lowest BCUT2D eigenvalue weighted by molar-refractivity contribution is -0.0661. The number of benzene rings is 2. The normalized spacial score (nSPS) is 20.2. The molecular formula is C23H20ClFN2O6. The third-order valence-electron chi connectivity index (χ3n) is 5.34. The zero-order valence-corrected chi connectivity index (χ0v) is 18.0. The predicted molar refractivity (Wildman–Crippen MR) is 117 cm³/mol. The largest absolute Gasteiger partial charge is 0.394 e. The lowest BCUT2D eigenvalue weighted by Crippen LogP contribution is -2.46. The summed E-state index contributed by atoms with van der Waals surface area (Å²) in [4.78, 5) is 38.0. The molecule has 0 radical (unpaired) electrons. The highest BCUT2D eigenvalue weighted by Crippen LogP contribution is 2.30. The number of carbonyl (C=O) groups is 1. The fraction of sp³-hybridized carbons (Fsp3) is 0.261. The van der Waals surface area contributed by atoms with Gasteiger partial charge in [-0.15, -0.1) is 0 Å². The third-order valence-corrected chi connectivity index (χ3v) is 5.60. The van der Waals surface area contributed by atoms with Crippen molar-refractivity contribution in [3.05, 3.63) is 104 Å². The highest BCUT2D eigenvalue weighted by atomic mass is 35.5. The van der Waals surface area contributed by atoms with Crippen molar-refractivity contribution in [1.29, 1.82) is 0 Å². The maximum atomic E-state index is 14.4. The molecule has 4 rings (SSSR count). The number of ether oxygens (including phenoxy) is 2. The topological polar surface area (TPSA) is 99.8 Å². The molecule has 0 spiro atoms. The standard InChI is InChI=1S/C23H20ClFN2O6/c24-16-8-6-14(7-9-16)13-32-18-10-20(33-19(18)12-28)26-11-17(25)22(30)27(23(26)31)21(29)15-4-2-1-3-5-15/h1-9,11,18-20,28H,10,12-13H2/t18?,19-,20-/m0/s1. The summed E-state index contributed by atoms with van der Waals surface area (Å²) < 4.78 is 27.1. The minimum Gasteiger partial charge on any atom is -0.394 e. The van der Waals surface area contributed by atoms with Crippen LogP contribution in [0.3, 0.4) is 0 Å². The summed E-state index contributed by atoms with van der Waals surface area (Å²) in [5, 5.41) is 10.3. The minimum absolute atomic E-state index is 0.0543. The quantitative estimate of drug-likeness (QED) is 0.588. The first-order valence-corrected chi connectivity index (χ1v) is 10.5. The van der Waals surface area contributed by atoms with Gasteiger partial charge in [-0.3, -0.25) is 14.2 Å². The fourth-order valence-electron chi connectivity index (χ4n) is 3.63. The van der Waals surface area contributed by atoms with Gasteiger partial charge in [-0.1, -0.05) is 41.9 Å². The minimum atomic E-state index is -1.35. The molecule has 8 nitrogen and oxygen atoms in total. The van der Waals surface area contributed by atoms with E-state index in [2.05, 4.69) is 0 Å². The van der Waals surface area contributed by atoms with E-state index in [1.807, 2.05) is 0 Å². The van der Waals surface area contributed by atoms with Crippen LogP contribution < -0.4 is 11.2 Å². The Morgan fingerprint density at radius 2 is 1.85 bits per heavy atom. The van der Waals surface area contributed by atoms with Gasteiger partial charge in [0.15, 0.2) is 0 Å². The molecule has 3 aromatic rings. The maximum absolute atomic E-state index is 14.4. The first-order chi connectivity index (χ1) is 15.9. The number of aliphatic hydroxyl groups excluding tert-OH is 1. The summed E-state index contributed by atoms with van der Waals surface area (Å²) >= 11 is 5.88. The summed E-state index contributed by atoms with van der Waals surface area (Å²) in [6.07, 6.45) is -1.65. The second-order valence-electron chi connectivity index (χ2n) is 7.50. The van der Waals surface area contributed by atoms with Crippen LogP contribution in [-0.4, -0.2) is 39.0 Å². The second-order valence-corrected chi connectivity index (χ2v) is 7.94. The van der Waals surface area contributed by atoms with Gasteiger partial charge in [-0.2, -0.15) is 8.96 Å². The van der Waals surface area contributed by atoms with E-state index >= 15 is 0 Å². The SMILES string of the molecule is O=C(c1ccccc1)n1c(=O)c(F)cn([C@@H]2CC(OCc3ccc(Cl)cc3)[C@H](CO)O2)c1=O. The Hall–Kier alpha value is -3.11. The van der Waals surface area contributed by atoms with Crippen molar-refractivity contribution < 1.29 is 23.8 Å². The number of nitrogens with zero attached hydrogens (tertiary/aromatic N) is 2. The molecule has 1 fully saturated rings. The van der Waals surface area contributed by atoms with Crippen LogP contribution in [0.1, 0.15) is 28.6 Å². The van der Waals surface area contributed by atoms with E-state index in [1.54, 1.807) is 42.5 Å². The van der Waals surface area contributed by atoms with Crippen LogP contribution in [0.15, 0.2) is 70.4 Å². The Bertz CT molecular complexity index is 1260. The average molecular weight is 475 g/mol. The van der Waals surface area contributed by atoms with E-state index in [0.29, 0.717) is 11.2 Å². The summed E-state index contributed by atoms with van der Waals surface area (Å²) in [5.74, 6) is -2.24. The van der Waals surface area contributed by atoms with Gasteiger partial charge < -0.3 is 14.6 Å². The van der Waals surface area contributed by atoms with Crippen molar-refractivity contribution in [2.75, 3.05) is 6.61 Å².